The fourth-order valence-electron chi connectivity index (χ4n) is 3.40. The van der Waals surface area contributed by atoms with Crippen LogP contribution in [0.25, 0.3) is 16.7 Å². The number of benzene rings is 2. The standard InChI is InChI=1S/C22H21N3O3/c1-14-9-10-19-18(11-14)16(13-28-19)12-20(26)23-21-15(2)24(3)25(22(21)27)17-7-5-4-6-8-17/h4-11,13H,12H2,1-3H3,(H,23,26). The van der Waals surface area contributed by atoms with E-state index < -0.39 is 0 Å². The van der Waals surface area contributed by atoms with Crippen LogP contribution in [0, 0.1) is 13.8 Å². The van der Waals surface area contributed by atoms with Crippen LogP contribution in [-0.4, -0.2) is 15.3 Å². The second kappa shape index (κ2) is 6.88. The molecule has 0 saturated carbocycles. The first-order chi connectivity index (χ1) is 13.5. The zero-order valence-electron chi connectivity index (χ0n) is 16.0. The number of fused-ring (bicyclic) bond motifs is 1. The van der Waals surface area contributed by atoms with Crippen molar-refractivity contribution in [3.05, 3.63) is 82.0 Å². The Morgan fingerprint density at radius 3 is 2.61 bits per heavy atom. The first-order valence-electron chi connectivity index (χ1n) is 9.06. The summed E-state index contributed by atoms with van der Waals surface area (Å²) in [5.41, 5.74) is 4.11. The maximum atomic E-state index is 12.9. The Morgan fingerprint density at radius 2 is 1.86 bits per heavy atom. The number of carbonyl (C=O) groups excluding carboxylic acids is 1. The van der Waals surface area contributed by atoms with E-state index in [1.807, 2.05) is 62.4 Å². The van der Waals surface area contributed by atoms with Gasteiger partial charge in [-0.25, -0.2) is 4.68 Å². The number of carbonyl (C=O) groups is 1. The van der Waals surface area contributed by atoms with Gasteiger partial charge in [0.15, 0.2) is 0 Å². The summed E-state index contributed by atoms with van der Waals surface area (Å²) >= 11 is 0. The highest BCUT2D eigenvalue weighted by Crippen LogP contribution is 2.23. The average molecular weight is 375 g/mol. The number of aromatic nitrogens is 2. The van der Waals surface area contributed by atoms with Crippen molar-refractivity contribution in [1.82, 2.24) is 9.36 Å². The number of nitrogens with zero attached hydrogens (tertiary/aromatic N) is 2. The quantitative estimate of drug-likeness (QED) is 0.591. The van der Waals surface area contributed by atoms with E-state index in [9.17, 15) is 9.59 Å². The van der Waals surface area contributed by atoms with Crippen molar-refractivity contribution in [1.29, 1.82) is 0 Å². The Kier molecular flexibility index (Phi) is 4.39. The summed E-state index contributed by atoms with van der Waals surface area (Å²) in [6.45, 7) is 3.81. The van der Waals surface area contributed by atoms with Gasteiger partial charge in [0.1, 0.15) is 11.3 Å². The molecule has 0 aliphatic carbocycles. The Labute approximate surface area is 162 Å². The summed E-state index contributed by atoms with van der Waals surface area (Å²) < 4.78 is 8.82. The van der Waals surface area contributed by atoms with Crippen LogP contribution in [0.1, 0.15) is 16.8 Å². The lowest BCUT2D eigenvalue weighted by Gasteiger charge is -2.07. The van der Waals surface area contributed by atoms with E-state index in [0.29, 0.717) is 11.4 Å². The Hall–Kier alpha value is -3.54. The zero-order valence-corrected chi connectivity index (χ0v) is 16.0. The predicted molar refractivity (Wildman–Crippen MR) is 109 cm³/mol. The summed E-state index contributed by atoms with van der Waals surface area (Å²) in [5.74, 6) is -0.254. The van der Waals surface area contributed by atoms with Gasteiger partial charge in [0.2, 0.25) is 5.91 Å². The molecule has 2 aromatic heterocycles. The first kappa shape index (κ1) is 17.9. The largest absolute Gasteiger partial charge is 0.464 e. The van der Waals surface area contributed by atoms with Gasteiger partial charge in [0.25, 0.3) is 5.56 Å². The van der Waals surface area contributed by atoms with Crippen LogP contribution in [0.2, 0.25) is 0 Å². The molecule has 0 saturated heterocycles. The smallest absolute Gasteiger partial charge is 0.295 e. The molecule has 0 atom stereocenters. The molecule has 4 rings (SSSR count). The number of hydrogen-bond acceptors (Lipinski definition) is 3. The molecule has 1 amide bonds. The van der Waals surface area contributed by atoms with Gasteiger partial charge in [-0.1, -0.05) is 29.8 Å². The Bertz CT molecular complexity index is 1230. The molecule has 6 nitrogen and oxygen atoms in total. The lowest BCUT2D eigenvalue weighted by atomic mass is 10.1. The van der Waals surface area contributed by atoms with Crippen LogP contribution in [0.4, 0.5) is 5.69 Å². The normalized spacial score (nSPS) is 11.1. The van der Waals surface area contributed by atoms with Gasteiger partial charge in [0.05, 0.1) is 24.1 Å². The third-order valence-corrected chi connectivity index (χ3v) is 4.98. The molecule has 1 N–H and O–H groups in total. The van der Waals surface area contributed by atoms with Crippen LogP contribution < -0.4 is 10.9 Å². The molecule has 0 radical (unpaired) electrons. The topological polar surface area (TPSA) is 69.2 Å². The number of nitrogens with one attached hydrogen (secondary N) is 1. The van der Waals surface area contributed by atoms with Gasteiger partial charge in [-0.3, -0.25) is 14.3 Å². The van der Waals surface area contributed by atoms with Crippen molar-refractivity contribution in [2.75, 3.05) is 5.32 Å². The molecule has 6 heteroatoms. The molecule has 142 valence electrons. The second-order valence-electron chi connectivity index (χ2n) is 6.92. The monoisotopic (exact) mass is 375 g/mol. The minimum atomic E-state index is -0.257. The summed E-state index contributed by atoms with van der Waals surface area (Å²) in [6.07, 6.45) is 1.74. The molecule has 0 unspecified atom stereocenters. The molecule has 2 heterocycles. The van der Waals surface area contributed by atoms with E-state index in [4.69, 9.17) is 4.42 Å². The maximum absolute atomic E-state index is 12.9. The van der Waals surface area contributed by atoms with Crippen molar-refractivity contribution in [3.8, 4) is 5.69 Å². The molecular formula is C22H21N3O3. The van der Waals surface area contributed by atoms with Gasteiger partial charge in [-0.2, -0.15) is 0 Å². The number of furan rings is 1. The molecule has 0 bridgehead atoms. The number of anilines is 1. The SMILES string of the molecule is Cc1ccc2occ(CC(=O)Nc3c(C)n(C)n(-c4ccccc4)c3=O)c2c1. The van der Waals surface area contributed by atoms with Crippen LogP contribution in [0.15, 0.2) is 64.0 Å². The summed E-state index contributed by atoms with van der Waals surface area (Å²) in [5, 5.41) is 3.71. The van der Waals surface area contributed by atoms with Crippen molar-refractivity contribution < 1.29 is 9.21 Å². The van der Waals surface area contributed by atoms with Gasteiger partial charge in [-0.05, 0) is 38.1 Å². The Morgan fingerprint density at radius 1 is 1.11 bits per heavy atom. The second-order valence-corrected chi connectivity index (χ2v) is 6.92. The maximum Gasteiger partial charge on any atom is 0.295 e. The number of aryl methyl sites for hydroxylation is 1. The highest BCUT2D eigenvalue weighted by atomic mass is 16.3. The molecule has 0 aliphatic rings. The third-order valence-electron chi connectivity index (χ3n) is 4.98. The van der Waals surface area contributed by atoms with Gasteiger partial charge >= 0.3 is 0 Å². The molecule has 0 spiro atoms. The van der Waals surface area contributed by atoms with Crippen LogP contribution in [0.5, 0.6) is 0 Å². The predicted octanol–water partition coefficient (Wildman–Crippen LogP) is 3.72. The highest BCUT2D eigenvalue weighted by molar-refractivity contribution is 5.95. The van der Waals surface area contributed by atoms with Crippen molar-refractivity contribution in [3.63, 3.8) is 0 Å². The van der Waals surface area contributed by atoms with Gasteiger partial charge in [-0.15, -0.1) is 0 Å². The molecule has 0 aliphatic heterocycles. The number of amides is 1. The zero-order chi connectivity index (χ0) is 19.8. The minimum absolute atomic E-state index is 0.134. The molecule has 28 heavy (non-hydrogen) atoms. The minimum Gasteiger partial charge on any atom is -0.464 e. The molecule has 2 aromatic carbocycles. The van der Waals surface area contributed by atoms with Gasteiger partial charge < -0.3 is 9.73 Å². The van der Waals surface area contributed by atoms with E-state index in [2.05, 4.69) is 5.32 Å². The average Bonchev–Trinajstić information content (AvgIpc) is 3.16. The third kappa shape index (κ3) is 3.03. The summed E-state index contributed by atoms with van der Waals surface area (Å²) in [7, 11) is 1.80. The first-order valence-corrected chi connectivity index (χ1v) is 9.06. The van der Waals surface area contributed by atoms with Crippen LogP contribution in [-0.2, 0) is 18.3 Å². The Balaban J connectivity index is 1.63. The molecule has 4 aromatic rings. The van der Waals surface area contributed by atoms with Crippen LogP contribution in [0.3, 0.4) is 0 Å². The van der Waals surface area contributed by atoms with E-state index >= 15 is 0 Å². The van der Waals surface area contributed by atoms with Crippen molar-refractivity contribution in [2.24, 2.45) is 7.05 Å². The van der Waals surface area contributed by atoms with Gasteiger partial charge in [0, 0.05) is 18.0 Å². The van der Waals surface area contributed by atoms with E-state index in [1.54, 1.807) is 22.7 Å². The lowest BCUT2D eigenvalue weighted by molar-refractivity contribution is -0.115. The fraction of sp³-hybridized carbons (Fsp3) is 0.182. The summed E-state index contributed by atoms with van der Waals surface area (Å²) in [4.78, 5) is 25.6. The van der Waals surface area contributed by atoms with Crippen molar-refractivity contribution >= 4 is 22.6 Å². The van der Waals surface area contributed by atoms with Crippen LogP contribution >= 0.6 is 0 Å². The molecular weight excluding hydrogens is 354 g/mol. The lowest BCUT2D eigenvalue weighted by Crippen LogP contribution is -2.23. The number of hydrogen-bond donors (Lipinski definition) is 1. The van der Waals surface area contributed by atoms with E-state index in [0.717, 1.165) is 27.8 Å². The molecule has 0 fully saturated rings. The van der Waals surface area contributed by atoms with E-state index in [1.165, 1.54) is 0 Å². The summed E-state index contributed by atoms with van der Waals surface area (Å²) in [6, 6.07) is 15.2. The highest BCUT2D eigenvalue weighted by Gasteiger charge is 2.19. The number of para-hydroxylation sites is 1. The fourth-order valence-corrected chi connectivity index (χ4v) is 3.40. The van der Waals surface area contributed by atoms with E-state index in [-0.39, 0.29) is 17.9 Å². The van der Waals surface area contributed by atoms with Crippen molar-refractivity contribution in [2.45, 2.75) is 20.3 Å². The number of rotatable bonds is 4.